The Morgan fingerprint density at radius 3 is 2.20 bits per heavy atom. The summed E-state index contributed by atoms with van der Waals surface area (Å²) in [5.41, 5.74) is 6.92. The second-order valence-electron chi connectivity index (χ2n) is 13.7. The van der Waals surface area contributed by atoms with Crippen LogP contribution in [-0.4, -0.2) is 25.4 Å². The molecule has 3 unspecified atom stereocenters. The van der Waals surface area contributed by atoms with E-state index in [0.29, 0.717) is 24.3 Å². The average molecular weight is 667 g/mol. The van der Waals surface area contributed by atoms with Gasteiger partial charge < -0.3 is 19.3 Å². The minimum absolute atomic E-state index is 0.476. The van der Waals surface area contributed by atoms with Crippen LogP contribution in [0.25, 0.3) is 17.7 Å². The van der Waals surface area contributed by atoms with E-state index in [0.717, 1.165) is 60.7 Å². The summed E-state index contributed by atoms with van der Waals surface area (Å²) in [6.07, 6.45) is 7.42. The molecular weight excluding hydrogens is 629 g/mol. The number of fused-ring (bicyclic) bond motifs is 5. The fraction of sp³-hybridized carbons (Fsp3) is 0.149. The Morgan fingerprint density at radius 2 is 1.43 bits per heavy atom. The van der Waals surface area contributed by atoms with Gasteiger partial charge in [-0.25, -0.2) is 0 Å². The number of methoxy groups -OCH3 is 2. The molecule has 0 fully saturated rings. The van der Waals surface area contributed by atoms with E-state index >= 15 is 0 Å². The lowest BCUT2D eigenvalue weighted by Gasteiger charge is -2.45. The van der Waals surface area contributed by atoms with Crippen molar-refractivity contribution in [1.82, 2.24) is 0 Å². The van der Waals surface area contributed by atoms with Gasteiger partial charge in [0.1, 0.15) is 17.5 Å². The number of hydrogen-bond acceptors (Lipinski definition) is 4. The molecule has 2 aliphatic carbocycles. The summed E-state index contributed by atoms with van der Waals surface area (Å²) in [6.45, 7) is 0. The lowest BCUT2D eigenvalue weighted by atomic mass is 9.63. The maximum absolute atomic E-state index is 14.1. The zero-order valence-electron chi connectivity index (χ0n) is 28.7. The number of ether oxygens (including phenoxy) is 3. The third-order valence-corrected chi connectivity index (χ3v) is 11.0. The molecule has 0 amide bonds. The van der Waals surface area contributed by atoms with Gasteiger partial charge >= 0.3 is 0 Å². The van der Waals surface area contributed by atoms with Crippen molar-refractivity contribution in [2.45, 2.75) is 30.0 Å². The molecule has 0 saturated heterocycles. The molecule has 51 heavy (non-hydrogen) atoms. The summed E-state index contributed by atoms with van der Waals surface area (Å²) >= 11 is 0. The van der Waals surface area contributed by atoms with Crippen LogP contribution in [0.4, 0.5) is 0 Å². The first-order valence-corrected chi connectivity index (χ1v) is 17.5. The molecule has 6 aromatic carbocycles. The van der Waals surface area contributed by atoms with Crippen LogP contribution in [-0.2, 0) is 23.9 Å². The van der Waals surface area contributed by atoms with Crippen LogP contribution >= 0.6 is 0 Å². The molecule has 1 aliphatic heterocycles. The average Bonchev–Trinajstić information content (AvgIpc) is 3.57. The van der Waals surface area contributed by atoms with E-state index in [1.54, 1.807) is 14.2 Å². The van der Waals surface area contributed by atoms with Crippen molar-refractivity contribution in [3.63, 3.8) is 0 Å². The maximum atomic E-state index is 14.1. The first-order chi connectivity index (χ1) is 25.0. The highest BCUT2D eigenvalue weighted by Crippen LogP contribution is 2.57. The number of allylic oxidation sites excluding steroid dienone is 1. The molecule has 0 saturated carbocycles. The van der Waals surface area contributed by atoms with E-state index in [-0.39, 0.29) is 0 Å². The monoisotopic (exact) mass is 666 g/mol. The molecule has 6 aromatic rings. The Kier molecular flexibility index (Phi) is 7.45. The first-order valence-electron chi connectivity index (χ1n) is 17.5. The van der Waals surface area contributed by atoms with E-state index in [2.05, 4.69) is 121 Å². The second-order valence-corrected chi connectivity index (χ2v) is 13.7. The molecule has 4 heteroatoms. The van der Waals surface area contributed by atoms with Crippen molar-refractivity contribution in [3.05, 3.63) is 201 Å². The van der Waals surface area contributed by atoms with Crippen molar-refractivity contribution >= 4 is 17.7 Å². The minimum Gasteiger partial charge on any atom is -0.497 e. The van der Waals surface area contributed by atoms with E-state index in [4.69, 9.17) is 14.2 Å². The predicted octanol–water partition coefficient (Wildman–Crippen LogP) is 7.49. The van der Waals surface area contributed by atoms with Crippen LogP contribution in [0.1, 0.15) is 44.5 Å². The van der Waals surface area contributed by atoms with Crippen molar-refractivity contribution in [1.29, 1.82) is 0 Å². The molecule has 1 heterocycles. The van der Waals surface area contributed by atoms with Crippen molar-refractivity contribution in [3.8, 4) is 17.2 Å². The number of rotatable bonds is 7. The molecule has 3 aliphatic rings. The smallest absolute Gasteiger partial charge is 0.169 e. The highest BCUT2D eigenvalue weighted by atomic mass is 16.5. The Balaban J connectivity index is 1.36. The van der Waals surface area contributed by atoms with Crippen LogP contribution < -0.4 is 24.6 Å². The van der Waals surface area contributed by atoms with Gasteiger partial charge in [0.05, 0.1) is 14.2 Å². The van der Waals surface area contributed by atoms with E-state index in [1.165, 1.54) is 5.56 Å². The van der Waals surface area contributed by atoms with Gasteiger partial charge in [-0.3, -0.25) is 0 Å². The van der Waals surface area contributed by atoms with Crippen molar-refractivity contribution < 1.29 is 19.3 Å². The quantitative estimate of drug-likeness (QED) is 0.192. The van der Waals surface area contributed by atoms with Gasteiger partial charge in [0.2, 0.25) is 0 Å². The zero-order chi connectivity index (χ0) is 34.6. The molecule has 0 radical (unpaired) electrons. The Bertz CT molecular complexity index is 2430. The summed E-state index contributed by atoms with van der Waals surface area (Å²) in [7, 11) is 3.37. The molecule has 9 rings (SSSR count). The Morgan fingerprint density at radius 1 is 0.745 bits per heavy atom. The standard InChI is InChI=1S/C47H38O4/c1-49-37-23-21-36(22-24-37)46(35-17-7-4-8-18-35)26-25-33-29-42(50-2)45-44(39(33)30-46)47(48,43-38-19-11-9-15-32(38)28-41(43)51-45)40-20-12-10-16-34(40)27-31-13-5-3-6-14-31/h3-26,28-29,41,48H,27,30H2,1-2H3. The van der Waals surface area contributed by atoms with Gasteiger partial charge in [-0.15, -0.1) is 0 Å². The molecule has 0 aromatic heterocycles. The van der Waals surface area contributed by atoms with Gasteiger partial charge in [0.25, 0.3) is 0 Å². The minimum atomic E-state index is -1.54. The summed E-state index contributed by atoms with van der Waals surface area (Å²) in [5.74, 6) is 1.99. The molecule has 4 nitrogen and oxygen atoms in total. The van der Waals surface area contributed by atoms with Crippen LogP contribution in [0.2, 0.25) is 0 Å². The Labute approximate surface area is 298 Å². The molecular formula is C47H38O4. The SMILES string of the molecule is COc1ccc(C2(c3ccccc3)C=Cc3cc(OC)c4c(c3C2)C(O)(c2ccccc2Cc2ccccc2)C2=c3ccccc3=CC2O4)cc1. The summed E-state index contributed by atoms with van der Waals surface area (Å²) in [6, 6.07) is 48.2. The van der Waals surface area contributed by atoms with Gasteiger partial charge in [0, 0.05) is 16.6 Å². The molecule has 1 N–H and O–H groups in total. The Hall–Kier alpha value is -5.84. The molecule has 0 bridgehead atoms. The van der Waals surface area contributed by atoms with Crippen LogP contribution in [0.15, 0.2) is 146 Å². The summed E-state index contributed by atoms with van der Waals surface area (Å²) in [5, 5.41) is 16.1. The van der Waals surface area contributed by atoms with Crippen molar-refractivity contribution in [2.75, 3.05) is 14.2 Å². The topological polar surface area (TPSA) is 47.9 Å². The van der Waals surface area contributed by atoms with E-state index < -0.39 is 17.1 Å². The van der Waals surface area contributed by atoms with Crippen LogP contribution in [0, 0.1) is 0 Å². The maximum Gasteiger partial charge on any atom is 0.169 e. The lowest BCUT2D eigenvalue weighted by Crippen LogP contribution is -2.45. The molecule has 0 spiro atoms. The fourth-order valence-corrected chi connectivity index (χ4v) is 8.61. The highest BCUT2D eigenvalue weighted by molar-refractivity contribution is 5.84. The fourth-order valence-electron chi connectivity index (χ4n) is 8.61. The lowest BCUT2D eigenvalue weighted by molar-refractivity contribution is 0.104. The second kappa shape index (κ2) is 12.2. The first kappa shape index (κ1) is 31.2. The number of benzene rings is 6. The van der Waals surface area contributed by atoms with Gasteiger partial charge in [-0.1, -0.05) is 133 Å². The number of aliphatic hydroxyl groups is 1. The third kappa shape index (κ3) is 4.85. The third-order valence-electron chi connectivity index (χ3n) is 11.0. The predicted molar refractivity (Wildman–Crippen MR) is 203 cm³/mol. The van der Waals surface area contributed by atoms with Crippen molar-refractivity contribution in [2.24, 2.45) is 0 Å². The van der Waals surface area contributed by atoms with E-state index in [1.807, 2.05) is 36.4 Å². The van der Waals surface area contributed by atoms with Gasteiger partial charge in [-0.05, 0) is 86.5 Å². The summed E-state index contributed by atoms with van der Waals surface area (Å²) < 4.78 is 18.7. The molecule has 3 atom stereocenters. The van der Waals surface area contributed by atoms with Gasteiger partial charge in [0.15, 0.2) is 11.5 Å². The van der Waals surface area contributed by atoms with Gasteiger partial charge in [-0.2, -0.15) is 0 Å². The van der Waals surface area contributed by atoms with Crippen LogP contribution in [0.3, 0.4) is 0 Å². The summed E-state index contributed by atoms with van der Waals surface area (Å²) in [4.78, 5) is 0. The zero-order valence-corrected chi connectivity index (χ0v) is 28.7. The molecule has 250 valence electrons. The van der Waals surface area contributed by atoms with Crippen LogP contribution in [0.5, 0.6) is 17.2 Å². The largest absolute Gasteiger partial charge is 0.497 e. The highest BCUT2D eigenvalue weighted by Gasteiger charge is 2.52. The van der Waals surface area contributed by atoms with E-state index in [9.17, 15) is 5.11 Å². The number of hydrogen-bond donors (Lipinski definition) is 1. The normalized spacial score (nSPS) is 21.0.